The Bertz CT molecular complexity index is 1180. The van der Waals surface area contributed by atoms with Gasteiger partial charge >= 0.3 is 0 Å². The van der Waals surface area contributed by atoms with Crippen molar-refractivity contribution in [2.45, 2.75) is 6.92 Å². The molecule has 4 rings (SSSR count). The molecule has 0 unspecified atom stereocenters. The van der Waals surface area contributed by atoms with E-state index in [-0.39, 0.29) is 5.56 Å². The van der Waals surface area contributed by atoms with Gasteiger partial charge in [0.2, 0.25) is 5.95 Å². The molecule has 0 atom stereocenters. The average Bonchev–Trinajstić information content (AvgIpc) is 2.68. The van der Waals surface area contributed by atoms with Crippen LogP contribution >= 0.6 is 0 Å². The van der Waals surface area contributed by atoms with Gasteiger partial charge < -0.3 is 15.6 Å². The molecule has 27 heavy (non-hydrogen) atoms. The maximum absolute atomic E-state index is 12.2. The van der Waals surface area contributed by atoms with Crippen molar-refractivity contribution in [2.75, 3.05) is 17.7 Å². The van der Waals surface area contributed by atoms with E-state index in [1.807, 2.05) is 62.5 Å². The smallest absolute Gasteiger partial charge is 0.256 e. The number of hydrogen-bond donors (Lipinski definition) is 3. The Morgan fingerprint density at radius 3 is 2.70 bits per heavy atom. The van der Waals surface area contributed by atoms with Crippen molar-refractivity contribution in [3.63, 3.8) is 0 Å². The summed E-state index contributed by atoms with van der Waals surface area (Å²) in [4.78, 5) is 23.9. The molecule has 0 saturated heterocycles. The lowest BCUT2D eigenvalue weighted by atomic mass is 10.0. The minimum Gasteiger partial charge on any atom is -0.388 e. The first kappa shape index (κ1) is 16.8. The largest absolute Gasteiger partial charge is 0.388 e. The molecule has 0 spiro atoms. The second-order valence-electron chi connectivity index (χ2n) is 6.29. The number of rotatable bonds is 4. The van der Waals surface area contributed by atoms with Crippen LogP contribution in [0.25, 0.3) is 22.0 Å². The molecule has 0 aliphatic carbocycles. The van der Waals surface area contributed by atoms with Crippen LogP contribution in [0.3, 0.4) is 0 Å². The SMILES string of the molecule is CNc1cccc(Nc2ncc3cc(-c4c(C)cc[nH]c4=O)ccc3n2)c1. The highest BCUT2D eigenvalue weighted by Crippen LogP contribution is 2.24. The van der Waals surface area contributed by atoms with Crippen LogP contribution in [0.15, 0.2) is 65.7 Å². The van der Waals surface area contributed by atoms with E-state index < -0.39 is 0 Å². The second kappa shape index (κ2) is 6.92. The van der Waals surface area contributed by atoms with E-state index in [0.29, 0.717) is 11.5 Å². The zero-order valence-electron chi connectivity index (χ0n) is 15.1. The molecule has 0 radical (unpaired) electrons. The monoisotopic (exact) mass is 357 g/mol. The predicted octanol–water partition coefficient (Wildman–Crippen LogP) is 4.08. The first-order valence-electron chi connectivity index (χ1n) is 8.64. The fourth-order valence-corrected chi connectivity index (χ4v) is 3.07. The number of aromatic nitrogens is 3. The number of nitrogens with zero attached hydrogens (tertiary/aromatic N) is 2. The number of pyridine rings is 1. The number of benzene rings is 2. The van der Waals surface area contributed by atoms with Crippen molar-refractivity contribution in [1.29, 1.82) is 0 Å². The van der Waals surface area contributed by atoms with E-state index in [0.717, 1.165) is 33.4 Å². The number of aromatic amines is 1. The number of aryl methyl sites for hydroxylation is 1. The Hall–Kier alpha value is -3.67. The molecule has 6 nitrogen and oxygen atoms in total. The second-order valence-corrected chi connectivity index (χ2v) is 6.29. The van der Waals surface area contributed by atoms with Gasteiger partial charge in [-0.25, -0.2) is 9.97 Å². The third kappa shape index (κ3) is 3.37. The summed E-state index contributed by atoms with van der Waals surface area (Å²) in [5.41, 5.74) is 5.09. The molecule has 2 heterocycles. The zero-order chi connectivity index (χ0) is 18.8. The molecule has 0 amide bonds. The molecule has 0 saturated carbocycles. The summed E-state index contributed by atoms with van der Waals surface area (Å²) in [5.74, 6) is 0.525. The van der Waals surface area contributed by atoms with E-state index in [1.54, 1.807) is 12.4 Å². The fraction of sp³-hybridized carbons (Fsp3) is 0.0952. The Balaban J connectivity index is 1.69. The Labute approximate surface area is 156 Å². The molecule has 0 fully saturated rings. The number of hydrogen-bond acceptors (Lipinski definition) is 5. The Morgan fingerprint density at radius 2 is 1.89 bits per heavy atom. The van der Waals surface area contributed by atoms with Gasteiger partial charge in [0, 0.05) is 41.8 Å². The minimum absolute atomic E-state index is 0.0991. The number of fused-ring (bicyclic) bond motifs is 1. The van der Waals surface area contributed by atoms with Gasteiger partial charge in [-0.2, -0.15) is 0 Å². The Kier molecular flexibility index (Phi) is 4.30. The highest BCUT2D eigenvalue weighted by Gasteiger charge is 2.09. The van der Waals surface area contributed by atoms with E-state index in [2.05, 4.69) is 25.6 Å². The van der Waals surface area contributed by atoms with E-state index in [4.69, 9.17) is 0 Å². The van der Waals surface area contributed by atoms with E-state index in [1.165, 1.54) is 0 Å². The summed E-state index contributed by atoms with van der Waals surface area (Å²) in [6.45, 7) is 1.93. The molecule has 0 aliphatic rings. The summed E-state index contributed by atoms with van der Waals surface area (Å²) >= 11 is 0. The third-order valence-electron chi connectivity index (χ3n) is 4.45. The van der Waals surface area contributed by atoms with Crippen LogP contribution < -0.4 is 16.2 Å². The maximum atomic E-state index is 12.2. The molecular formula is C21H19N5O. The standard InChI is InChI=1S/C21H19N5O/c1-13-8-9-23-20(27)19(13)14-6-7-18-15(10-14)12-24-21(26-18)25-17-5-3-4-16(11-17)22-2/h3-12,22H,1-2H3,(H,23,27)(H,24,25,26). The number of anilines is 3. The summed E-state index contributed by atoms with van der Waals surface area (Å²) in [7, 11) is 1.88. The van der Waals surface area contributed by atoms with Crippen LogP contribution in [-0.2, 0) is 0 Å². The van der Waals surface area contributed by atoms with Crippen molar-refractivity contribution in [1.82, 2.24) is 15.0 Å². The van der Waals surface area contributed by atoms with Crippen LogP contribution in [0, 0.1) is 6.92 Å². The first-order valence-corrected chi connectivity index (χ1v) is 8.64. The van der Waals surface area contributed by atoms with E-state index in [9.17, 15) is 4.79 Å². The van der Waals surface area contributed by atoms with Crippen molar-refractivity contribution in [2.24, 2.45) is 0 Å². The predicted molar refractivity (Wildman–Crippen MR) is 110 cm³/mol. The summed E-state index contributed by atoms with van der Waals surface area (Å²) < 4.78 is 0. The molecular weight excluding hydrogens is 338 g/mol. The molecule has 2 aromatic heterocycles. The first-order chi connectivity index (χ1) is 13.1. The highest BCUT2D eigenvalue weighted by atomic mass is 16.1. The van der Waals surface area contributed by atoms with Crippen molar-refractivity contribution in [3.8, 4) is 11.1 Å². The molecule has 6 heteroatoms. The van der Waals surface area contributed by atoms with Gasteiger partial charge in [-0.1, -0.05) is 12.1 Å². The van der Waals surface area contributed by atoms with Crippen LogP contribution in [0.4, 0.5) is 17.3 Å². The highest BCUT2D eigenvalue weighted by molar-refractivity contribution is 5.85. The van der Waals surface area contributed by atoms with Gasteiger partial charge in [0.1, 0.15) is 0 Å². The normalized spacial score (nSPS) is 10.7. The number of nitrogens with one attached hydrogen (secondary N) is 3. The molecule has 134 valence electrons. The van der Waals surface area contributed by atoms with Gasteiger partial charge in [0.05, 0.1) is 5.52 Å². The minimum atomic E-state index is -0.0991. The molecule has 0 bridgehead atoms. The quantitative estimate of drug-likeness (QED) is 0.513. The van der Waals surface area contributed by atoms with Crippen LogP contribution in [-0.4, -0.2) is 22.0 Å². The molecule has 4 aromatic rings. The molecule has 0 aliphatic heterocycles. The lowest BCUT2D eigenvalue weighted by Gasteiger charge is -2.09. The lowest BCUT2D eigenvalue weighted by Crippen LogP contribution is -2.09. The topological polar surface area (TPSA) is 82.7 Å². The average molecular weight is 357 g/mol. The van der Waals surface area contributed by atoms with Gasteiger partial charge in [-0.05, 0) is 54.4 Å². The maximum Gasteiger partial charge on any atom is 0.256 e. The summed E-state index contributed by atoms with van der Waals surface area (Å²) in [6.07, 6.45) is 3.43. The van der Waals surface area contributed by atoms with Crippen molar-refractivity contribution >= 4 is 28.2 Å². The van der Waals surface area contributed by atoms with Crippen molar-refractivity contribution in [3.05, 3.63) is 76.8 Å². The van der Waals surface area contributed by atoms with Gasteiger partial charge in [0.25, 0.3) is 5.56 Å². The zero-order valence-corrected chi connectivity index (χ0v) is 15.1. The molecule has 2 aromatic carbocycles. The van der Waals surface area contributed by atoms with Crippen LogP contribution in [0.5, 0.6) is 0 Å². The van der Waals surface area contributed by atoms with Crippen LogP contribution in [0.2, 0.25) is 0 Å². The van der Waals surface area contributed by atoms with Gasteiger partial charge in [-0.3, -0.25) is 4.79 Å². The van der Waals surface area contributed by atoms with Gasteiger partial charge in [0.15, 0.2) is 0 Å². The van der Waals surface area contributed by atoms with Crippen LogP contribution in [0.1, 0.15) is 5.56 Å². The number of H-pyrrole nitrogens is 1. The van der Waals surface area contributed by atoms with Gasteiger partial charge in [-0.15, -0.1) is 0 Å². The Morgan fingerprint density at radius 1 is 1.04 bits per heavy atom. The fourth-order valence-electron chi connectivity index (χ4n) is 3.07. The molecule has 3 N–H and O–H groups in total. The third-order valence-corrected chi connectivity index (χ3v) is 4.45. The summed E-state index contributed by atoms with van der Waals surface area (Å²) in [6, 6.07) is 15.6. The van der Waals surface area contributed by atoms with E-state index >= 15 is 0 Å². The lowest BCUT2D eigenvalue weighted by molar-refractivity contribution is 1.20. The van der Waals surface area contributed by atoms with Crippen molar-refractivity contribution < 1.29 is 0 Å². The summed E-state index contributed by atoms with van der Waals surface area (Å²) in [5, 5.41) is 7.20.